The molecule has 1 aliphatic carbocycles. The smallest absolute Gasteiger partial charge is 0.296 e. The van der Waals surface area contributed by atoms with Gasteiger partial charge in [0.05, 0.1) is 6.54 Å². The Labute approximate surface area is 123 Å². The summed E-state index contributed by atoms with van der Waals surface area (Å²) in [7, 11) is 0. The average Bonchev–Trinajstić information content (AvgIpc) is 3.06. The Hall–Kier alpha value is -1.57. The zero-order valence-corrected chi connectivity index (χ0v) is 12.1. The van der Waals surface area contributed by atoms with E-state index in [2.05, 4.69) is 10.1 Å². The van der Waals surface area contributed by atoms with Gasteiger partial charge in [-0.05, 0) is 18.8 Å². The second-order valence-electron chi connectivity index (χ2n) is 5.38. The summed E-state index contributed by atoms with van der Waals surface area (Å²) in [6.45, 7) is 0.318. The maximum atomic E-state index is 13.2. The Kier molecular flexibility index (Phi) is 3.88. The molecule has 0 aromatic carbocycles. The molecular formula is C13H15F2N3O2S. The molecule has 0 aliphatic heterocycles. The van der Waals surface area contributed by atoms with Crippen LogP contribution in [0.2, 0.25) is 0 Å². The van der Waals surface area contributed by atoms with Crippen molar-refractivity contribution >= 4 is 11.3 Å². The Morgan fingerprint density at radius 1 is 1.43 bits per heavy atom. The highest BCUT2D eigenvalue weighted by Gasteiger charge is 2.35. The molecule has 0 radical (unpaired) electrons. The third-order valence-corrected chi connectivity index (χ3v) is 4.61. The molecule has 2 aromatic heterocycles. The van der Waals surface area contributed by atoms with Gasteiger partial charge in [0.2, 0.25) is 5.92 Å². The summed E-state index contributed by atoms with van der Waals surface area (Å²) in [6.07, 6.45) is 2.88. The maximum absolute atomic E-state index is 13.2. The molecule has 0 bridgehead atoms. The van der Waals surface area contributed by atoms with Gasteiger partial charge in [-0.15, -0.1) is 11.3 Å². The van der Waals surface area contributed by atoms with Gasteiger partial charge < -0.3 is 0 Å². The Morgan fingerprint density at radius 3 is 2.86 bits per heavy atom. The zero-order chi connectivity index (χ0) is 14.9. The van der Waals surface area contributed by atoms with E-state index in [9.17, 15) is 13.6 Å². The fourth-order valence-corrected chi connectivity index (χ4v) is 3.23. The van der Waals surface area contributed by atoms with Gasteiger partial charge in [-0.1, -0.05) is 5.16 Å². The van der Waals surface area contributed by atoms with Crippen molar-refractivity contribution in [3.8, 4) is 0 Å². The van der Waals surface area contributed by atoms with Crippen LogP contribution in [0.4, 0.5) is 8.78 Å². The molecule has 2 heterocycles. The summed E-state index contributed by atoms with van der Waals surface area (Å²) < 4.78 is 32.5. The second kappa shape index (κ2) is 5.67. The van der Waals surface area contributed by atoms with Gasteiger partial charge in [-0.25, -0.2) is 18.6 Å². The molecular weight excluding hydrogens is 300 g/mol. The molecule has 21 heavy (non-hydrogen) atoms. The van der Waals surface area contributed by atoms with Crippen molar-refractivity contribution in [3.63, 3.8) is 0 Å². The van der Waals surface area contributed by atoms with Crippen LogP contribution in [-0.4, -0.2) is 20.6 Å². The molecule has 1 fully saturated rings. The first-order chi connectivity index (χ1) is 10.0. The fourth-order valence-electron chi connectivity index (χ4n) is 2.63. The van der Waals surface area contributed by atoms with Gasteiger partial charge in [-0.2, -0.15) is 0 Å². The first-order valence-electron chi connectivity index (χ1n) is 6.85. The topological polar surface area (TPSA) is 60.9 Å². The quantitative estimate of drug-likeness (QED) is 0.870. The first-order valence-corrected chi connectivity index (χ1v) is 7.73. The highest BCUT2D eigenvalue weighted by atomic mass is 32.1. The van der Waals surface area contributed by atoms with Crippen molar-refractivity contribution in [1.29, 1.82) is 0 Å². The zero-order valence-electron chi connectivity index (χ0n) is 11.3. The standard InChI is InChI=1S/C13H15F2N3O2S/c14-13(15)3-1-9(2-4-13)7-10-17-20-12(19)18(10)8-11-16-5-6-21-11/h5-6,9H,1-4,7-8H2. The predicted molar refractivity (Wildman–Crippen MR) is 72.6 cm³/mol. The number of aromatic nitrogens is 3. The highest BCUT2D eigenvalue weighted by molar-refractivity contribution is 7.09. The third-order valence-electron chi connectivity index (χ3n) is 3.85. The molecule has 5 nitrogen and oxygen atoms in total. The molecule has 0 unspecified atom stereocenters. The lowest BCUT2D eigenvalue weighted by Crippen LogP contribution is -2.27. The van der Waals surface area contributed by atoms with Crippen LogP contribution in [0.5, 0.6) is 0 Å². The normalized spacial score (nSPS) is 19.0. The van der Waals surface area contributed by atoms with Crippen LogP contribution in [0.25, 0.3) is 0 Å². The van der Waals surface area contributed by atoms with E-state index in [4.69, 9.17) is 4.52 Å². The minimum absolute atomic E-state index is 0.0910. The van der Waals surface area contributed by atoms with Crippen LogP contribution in [0, 0.1) is 5.92 Å². The minimum Gasteiger partial charge on any atom is -0.296 e. The molecule has 0 saturated heterocycles. The number of halogens is 2. The van der Waals surface area contributed by atoms with Crippen LogP contribution >= 0.6 is 11.3 Å². The maximum Gasteiger partial charge on any atom is 0.441 e. The van der Waals surface area contributed by atoms with E-state index in [1.165, 1.54) is 15.9 Å². The number of thiazole rings is 1. The molecule has 114 valence electrons. The molecule has 0 spiro atoms. The summed E-state index contributed by atoms with van der Waals surface area (Å²) in [5, 5.41) is 6.41. The summed E-state index contributed by atoms with van der Waals surface area (Å²) in [4.78, 5) is 15.8. The van der Waals surface area contributed by atoms with E-state index in [1.807, 2.05) is 5.38 Å². The Bertz CT molecular complexity index is 641. The van der Waals surface area contributed by atoms with Crippen LogP contribution in [0.1, 0.15) is 36.5 Å². The summed E-state index contributed by atoms with van der Waals surface area (Å²) in [6, 6.07) is 0. The lowest BCUT2D eigenvalue weighted by atomic mass is 9.84. The monoisotopic (exact) mass is 315 g/mol. The van der Waals surface area contributed by atoms with Gasteiger partial charge in [-0.3, -0.25) is 9.09 Å². The Morgan fingerprint density at radius 2 is 2.19 bits per heavy atom. The molecule has 8 heteroatoms. The minimum atomic E-state index is -2.54. The third kappa shape index (κ3) is 3.37. The molecule has 1 saturated carbocycles. The molecule has 0 amide bonds. The number of hydrogen-bond acceptors (Lipinski definition) is 5. The predicted octanol–water partition coefficient (Wildman–Crippen LogP) is 2.71. The summed E-state index contributed by atoms with van der Waals surface area (Å²) >= 11 is 1.44. The van der Waals surface area contributed by atoms with Crippen LogP contribution in [0.3, 0.4) is 0 Å². The van der Waals surface area contributed by atoms with Crippen molar-refractivity contribution in [2.75, 3.05) is 0 Å². The number of nitrogens with zero attached hydrogens (tertiary/aromatic N) is 3. The van der Waals surface area contributed by atoms with Gasteiger partial charge in [0.25, 0.3) is 0 Å². The fraction of sp³-hybridized carbons (Fsp3) is 0.615. The van der Waals surface area contributed by atoms with Crippen molar-refractivity contribution in [2.45, 2.75) is 44.6 Å². The van der Waals surface area contributed by atoms with Gasteiger partial charge in [0.1, 0.15) is 5.01 Å². The highest BCUT2D eigenvalue weighted by Crippen LogP contribution is 2.37. The van der Waals surface area contributed by atoms with Gasteiger partial charge >= 0.3 is 5.76 Å². The van der Waals surface area contributed by atoms with E-state index in [0.717, 1.165) is 5.01 Å². The SMILES string of the molecule is O=c1onc(CC2CCC(F)(F)CC2)n1Cc1nccs1. The molecule has 2 aromatic rings. The number of alkyl halides is 2. The molecule has 0 atom stereocenters. The Balaban J connectivity index is 1.70. The lowest BCUT2D eigenvalue weighted by Gasteiger charge is -2.27. The number of rotatable bonds is 4. The van der Waals surface area contributed by atoms with Gasteiger partial charge in [0, 0.05) is 30.8 Å². The van der Waals surface area contributed by atoms with E-state index < -0.39 is 11.7 Å². The molecule has 1 aliphatic rings. The van der Waals surface area contributed by atoms with Gasteiger partial charge in [0.15, 0.2) is 5.82 Å². The van der Waals surface area contributed by atoms with Crippen molar-refractivity contribution in [3.05, 3.63) is 33.0 Å². The van der Waals surface area contributed by atoms with Crippen LogP contribution in [0.15, 0.2) is 20.9 Å². The average molecular weight is 315 g/mol. The van der Waals surface area contributed by atoms with Crippen LogP contribution in [-0.2, 0) is 13.0 Å². The van der Waals surface area contributed by atoms with E-state index in [1.54, 1.807) is 6.20 Å². The lowest BCUT2D eigenvalue weighted by molar-refractivity contribution is -0.0459. The van der Waals surface area contributed by atoms with Crippen molar-refractivity contribution in [1.82, 2.24) is 14.7 Å². The largest absolute Gasteiger partial charge is 0.441 e. The number of hydrogen-bond donors (Lipinski definition) is 0. The van der Waals surface area contributed by atoms with Crippen LogP contribution < -0.4 is 5.76 Å². The van der Waals surface area contributed by atoms with Crippen molar-refractivity contribution < 1.29 is 13.3 Å². The van der Waals surface area contributed by atoms with E-state index >= 15 is 0 Å². The summed E-state index contributed by atoms with van der Waals surface area (Å²) in [5.74, 6) is -2.43. The van der Waals surface area contributed by atoms with Crippen molar-refractivity contribution in [2.24, 2.45) is 5.92 Å². The molecule has 3 rings (SSSR count). The van der Waals surface area contributed by atoms with E-state index in [0.29, 0.717) is 31.6 Å². The molecule has 0 N–H and O–H groups in total. The van der Waals surface area contributed by atoms with E-state index in [-0.39, 0.29) is 18.8 Å². The second-order valence-corrected chi connectivity index (χ2v) is 6.36. The summed E-state index contributed by atoms with van der Waals surface area (Å²) in [5.41, 5.74) is 0. The first kappa shape index (κ1) is 14.4.